The van der Waals surface area contributed by atoms with E-state index in [-0.39, 0.29) is 0 Å². The van der Waals surface area contributed by atoms with Gasteiger partial charge in [-0.25, -0.2) is 15.0 Å². The Morgan fingerprint density at radius 2 is 2.08 bits per heavy atom. The summed E-state index contributed by atoms with van der Waals surface area (Å²) in [6, 6.07) is 0. The van der Waals surface area contributed by atoms with Crippen molar-refractivity contribution >= 4 is 28.3 Å². The van der Waals surface area contributed by atoms with Gasteiger partial charge in [-0.3, -0.25) is 9.88 Å². The van der Waals surface area contributed by atoms with E-state index in [1.807, 2.05) is 23.3 Å². The summed E-state index contributed by atoms with van der Waals surface area (Å²) < 4.78 is 7.42. The largest absolute Gasteiger partial charge is 0.378 e. The van der Waals surface area contributed by atoms with Crippen LogP contribution < -0.4 is 4.90 Å². The van der Waals surface area contributed by atoms with Gasteiger partial charge in [-0.2, -0.15) is 0 Å². The average Bonchev–Trinajstić information content (AvgIpc) is 3.25. The molecule has 0 spiro atoms. The van der Waals surface area contributed by atoms with E-state index < -0.39 is 0 Å². The summed E-state index contributed by atoms with van der Waals surface area (Å²) in [5, 5.41) is 0. The molecule has 1 aliphatic heterocycles. The Morgan fingerprint density at radius 3 is 2.84 bits per heavy atom. The zero-order valence-electron chi connectivity index (χ0n) is 14.4. The van der Waals surface area contributed by atoms with Gasteiger partial charge < -0.3 is 14.2 Å². The molecule has 8 nitrogen and oxygen atoms in total. The maximum Gasteiger partial charge on any atom is 0.165 e. The van der Waals surface area contributed by atoms with Gasteiger partial charge in [0.1, 0.15) is 5.82 Å². The third kappa shape index (κ3) is 3.48. The lowest BCUT2D eigenvalue weighted by molar-refractivity contribution is 0.122. The number of thiazole rings is 1. The summed E-state index contributed by atoms with van der Waals surface area (Å²) in [5.41, 5.74) is 3.59. The summed E-state index contributed by atoms with van der Waals surface area (Å²) in [5.74, 6) is 1.72. The molecule has 0 N–H and O–H groups in total. The fourth-order valence-corrected chi connectivity index (χ4v) is 3.66. The number of fused-ring (bicyclic) bond motifs is 1. The van der Waals surface area contributed by atoms with Crippen LogP contribution in [0.4, 0.5) is 5.82 Å². The fourth-order valence-electron chi connectivity index (χ4n) is 2.99. The number of nitrogens with zero attached hydrogens (tertiary/aromatic N) is 7. The van der Waals surface area contributed by atoms with E-state index in [0.717, 1.165) is 55.7 Å². The number of ether oxygens (including phenoxy) is 1. The van der Waals surface area contributed by atoms with Gasteiger partial charge in [0.05, 0.1) is 31.6 Å². The number of hydrogen-bond donors (Lipinski definition) is 0. The highest BCUT2D eigenvalue weighted by Crippen LogP contribution is 2.23. The normalized spacial score (nSPS) is 15.4. The van der Waals surface area contributed by atoms with E-state index in [9.17, 15) is 0 Å². The molecule has 3 aromatic heterocycles. The number of morpholine rings is 1. The highest BCUT2D eigenvalue weighted by atomic mass is 32.1. The van der Waals surface area contributed by atoms with Crippen molar-refractivity contribution in [2.45, 2.75) is 13.1 Å². The predicted molar refractivity (Wildman–Crippen MR) is 96.6 cm³/mol. The predicted octanol–water partition coefficient (Wildman–Crippen LogP) is 1.29. The molecule has 25 heavy (non-hydrogen) atoms. The van der Waals surface area contributed by atoms with Crippen LogP contribution in [-0.2, 0) is 24.9 Å². The lowest BCUT2D eigenvalue weighted by atomic mass is 10.3. The minimum Gasteiger partial charge on any atom is -0.378 e. The Hall–Kier alpha value is -2.10. The third-order valence-corrected chi connectivity index (χ3v) is 4.98. The molecule has 0 aliphatic carbocycles. The second-order valence-electron chi connectivity index (χ2n) is 6.23. The van der Waals surface area contributed by atoms with E-state index >= 15 is 0 Å². The van der Waals surface area contributed by atoms with Crippen LogP contribution in [0.15, 0.2) is 18.0 Å². The fraction of sp³-hybridized carbons (Fsp3) is 0.500. The Bertz CT molecular complexity index is 842. The smallest absolute Gasteiger partial charge is 0.165 e. The number of aromatic nitrogens is 5. The monoisotopic (exact) mass is 359 g/mol. The Labute approximate surface area is 150 Å². The molecule has 3 aromatic rings. The molecule has 0 saturated carbocycles. The van der Waals surface area contributed by atoms with Crippen molar-refractivity contribution in [3.05, 3.63) is 28.7 Å². The summed E-state index contributed by atoms with van der Waals surface area (Å²) in [7, 11) is 4.04. The number of rotatable bonds is 5. The van der Waals surface area contributed by atoms with Crippen LogP contribution in [0.25, 0.3) is 11.2 Å². The van der Waals surface area contributed by atoms with E-state index in [1.54, 1.807) is 17.7 Å². The second kappa shape index (κ2) is 7.03. The van der Waals surface area contributed by atoms with Gasteiger partial charge in [-0.15, -0.1) is 11.3 Å². The molecular formula is C16H21N7OS. The first-order chi connectivity index (χ1) is 12.2. The van der Waals surface area contributed by atoms with Crippen LogP contribution >= 0.6 is 11.3 Å². The molecule has 132 valence electrons. The number of aryl methyl sites for hydroxylation is 1. The van der Waals surface area contributed by atoms with Crippen molar-refractivity contribution < 1.29 is 4.74 Å². The van der Waals surface area contributed by atoms with Gasteiger partial charge in [0.25, 0.3) is 0 Å². The molecule has 0 amide bonds. The van der Waals surface area contributed by atoms with E-state index in [4.69, 9.17) is 14.7 Å². The molecule has 0 bridgehead atoms. The van der Waals surface area contributed by atoms with Gasteiger partial charge >= 0.3 is 0 Å². The first-order valence-electron chi connectivity index (χ1n) is 8.27. The molecule has 0 radical (unpaired) electrons. The van der Waals surface area contributed by atoms with Crippen LogP contribution in [0.1, 0.15) is 10.7 Å². The first-order valence-corrected chi connectivity index (χ1v) is 9.15. The van der Waals surface area contributed by atoms with Crippen LogP contribution in [0.2, 0.25) is 0 Å². The van der Waals surface area contributed by atoms with Gasteiger partial charge in [-0.05, 0) is 7.05 Å². The van der Waals surface area contributed by atoms with Crippen LogP contribution in [0.5, 0.6) is 0 Å². The van der Waals surface area contributed by atoms with Gasteiger partial charge in [0.15, 0.2) is 17.0 Å². The van der Waals surface area contributed by atoms with Gasteiger partial charge in [0, 0.05) is 37.8 Å². The van der Waals surface area contributed by atoms with Gasteiger partial charge in [0.2, 0.25) is 0 Å². The highest BCUT2D eigenvalue weighted by Gasteiger charge is 2.20. The number of anilines is 1. The maximum atomic E-state index is 5.47. The zero-order chi connectivity index (χ0) is 17.2. The average molecular weight is 359 g/mol. The van der Waals surface area contributed by atoms with Crippen molar-refractivity contribution in [1.82, 2.24) is 29.4 Å². The standard InChI is InChI=1S/C16H21N7OS/c1-21(8-12-7-17-11-25-12)9-13-19-15-14(18-10-22(15)2)16(20-13)23-3-5-24-6-4-23/h7,10-11H,3-6,8-9H2,1-2H3. The maximum absolute atomic E-state index is 5.47. The molecule has 4 rings (SSSR count). The van der Waals surface area contributed by atoms with Crippen molar-refractivity contribution in [1.29, 1.82) is 0 Å². The minimum absolute atomic E-state index is 0.677. The lowest BCUT2D eigenvalue weighted by Gasteiger charge is -2.28. The second-order valence-corrected chi connectivity index (χ2v) is 7.20. The van der Waals surface area contributed by atoms with Crippen molar-refractivity contribution in [3.8, 4) is 0 Å². The lowest BCUT2D eigenvalue weighted by Crippen LogP contribution is -2.37. The Balaban J connectivity index is 1.63. The summed E-state index contributed by atoms with van der Waals surface area (Å²) >= 11 is 1.66. The summed E-state index contributed by atoms with van der Waals surface area (Å²) in [6.45, 7) is 4.62. The third-order valence-electron chi connectivity index (χ3n) is 4.22. The highest BCUT2D eigenvalue weighted by molar-refractivity contribution is 7.09. The summed E-state index contributed by atoms with van der Waals surface area (Å²) in [4.78, 5) is 23.9. The number of imidazole rings is 1. The van der Waals surface area contributed by atoms with E-state index in [2.05, 4.69) is 26.8 Å². The SMILES string of the molecule is CN(Cc1nc(N2CCOCC2)c2ncn(C)c2n1)Cc1cncs1. The zero-order valence-corrected chi connectivity index (χ0v) is 15.2. The molecule has 0 aromatic carbocycles. The Kier molecular flexibility index (Phi) is 4.60. The topological polar surface area (TPSA) is 72.2 Å². The van der Waals surface area contributed by atoms with E-state index in [1.165, 1.54) is 4.88 Å². The van der Waals surface area contributed by atoms with Crippen LogP contribution in [0, 0.1) is 0 Å². The molecule has 9 heteroatoms. The van der Waals surface area contributed by atoms with Gasteiger partial charge in [-0.1, -0.05) is 0 Å². The number of hydrogen-bond acceptors (Lipinski definition) is 8. The van der Waals surface area contributed by atoms with Crippen molar-refractivity contribution in [3.63, 3.8) is 0 Å². The van der Waals surface area contributed by atoms with Crippen LogP contribution in [-0.4, -0.2) is 62.8 Å². The molecule has 1 fully saturated rings. The van der Waals surface area contributed by atoms with E-state index in [0.29, 0.717) is 6.54 Å². The molecule has 0 unspecified atom stereocenters. The van der Waals surface area contributed by atoms with Crippen molar-refractivity contribution in [2.75, 3.05) is 38.3 Å². The van der Waals surface area contributed by atoms with Crippen molar-refractivity contribution in [2.24, 2.45) is 7.05 Å². The minimum atomic E-state index is 0.677. The first kappa shape index (κ1) is 16.4. The summed E-state index contributed by atoms with van der Waals surface area (Å²) in [6.07, 6.45) is 3.71. The molecule has 4 heterocycles. The Morgan fingerprint density at radius 1 is 1.24 bits per heavy atom. The molecule has 0 atom stereocenters. The molecule has 1 saturated heterocycles. The van der Waals surface area contributed by atoms with Crippen LogP contribution in [0.3, 0.4) is 0 Å². The molecule has 1 aliphatic rings. The quantitative estimate of drug-likeness (QED) is 0.680. The molecular weight excluding hydrogens is 338 g/mol.